The van der Waals surface area contributed by atoms with Gasteiger partial charge in [0, 0.05) is 12.2 Å². The first kappa shape index (κ1) is 19.1. The largest absolute Gasteiger partial charge is 0.283 e. The third-order valence-electron chi connectivity index (χ3n) is 4.31. The van der Waals surface area contributed by atoms with E-state index in [9.17, 15) is 18.0 Å². The molecular formula is C20H22N2O4S. The number of anilines is 1. The first-order chi connectivity index (χ1) is 12.8. The second-order valence-electron chi connectivity index (χ2n) is 7.03. The fraction of sp³-hybridized carbons (Fsp3) is 0.300. The third kappa shape index (κ3) is 4.36. The lowest BCUT2D eigenvalue weighted by Gasteiger charge is -2.15. The summed E-state index contributed by atoms with van der Waals surface area (Å²) in [6.45, 7) is 4.01. The van der Waals surface area contributed by atoms with Crippen molar-refractivity contribution < 1.29 is 18.0 Å². The van der Waals surface area contributed by atoms with Gasteiger partial charge in [0.2, 0.25) is 10.0 Å². The van der Waals surface area contributed by atoms with Crippen LogP contribution < -0.4 is 4.72 Å². The molecule has 2 amide bonds. The molecule has 3 rings (SSSR count). The fourth-order valence-electron chi connectivity index (χ4n) is 3.12. The standard InChI is InChI=1S/C20H22N2O4S/c1-14(2)12-15-6-5-7-16(13-15)21-27(25,26)11-10-22-19(23)17-8-3-4-9-18(17)20(22)24/h3-9,13-14,21H,10-12H2,1-2H3. The highest BCUT2D eigenvalue weighted by Crippen LogP contribution is 2.22. The molecule has 0 saturated carbocycles. The Labute approximate surface area is 159 Å². The number of amides is 2. The maximum Gasteiger partial charge on any atom is 0.261 e. The van der Waals surface area contributed by atoms with Crippen molar-refractivity contribution in [1.82, 2.24) is 4.90 Å². The Bertz CT molecular complexity index is 948. The predicted octanol–water partition coefficient (Wildman–Crippen LogP) is 2.92. The fourth-order valence-corrected chi connectivity index (χ4v) is 4.13. The van der Waals surface area contributed by atoms with E-state index >= 15 is 0 Å². The van der Waals surface area contributed by atoms with Gasteiger partial charge in [-0.2, -0.15) is 0 Å². The molecule has 0 atom stereocenters. The molecule has 27 heavy (non-hydrogen) atoms. The van der Waals surface area contributed by atoms with E-state index in [1.54, 1.807) is 42.5 Å². The van der Waals surface area contributed by atoms with E-state index in [4.69, 9.17) is 0 Å². The van der Waals surface area contributed by atoms with Crippen LogP contribution in [0, 0.1) is 5.92 Å². The molecule has 1 heterocycles. The number of nitrogens with one attached hydrogen (secondary N) is 1. The Morgan fingerprint density at radius 2 is 1.59 bits per heavy atom. The van der Waals surface area contributed by atoms with Crippen molar-refractivity contribution in [2.75, 3.05) is 17.0 Å². The summed E-state index contributed by atoms with van der Waals surface area (Å²) in [5, 5.41) is 0. The van der Waals surface area contributed by atoms with Gasteiger partial charge in [0.25, 0.3) is 11.8 Å². The van der Waals surface area contributed by atoms with Crippen molar-refractivity contribution in [3.8, 4) is 0 Å². The van der Waals surface area contributed by atoms with Crippen molar-refractivity contribution in [2.24, 2.45) is 5.92 Å². The number of hydrogen-bond acceptors (Lipinski definition) is 4. The van der Waals surface area contributed by atoms with Crippen LogP contribution in [-0.2, 0) is 16.4 Å². The highest BCUT2D eigenvalue weighted by molar-refractivity contribution is 7.92. The maximum absolute atomic E-state index is 12.4. The zero-order valence-electron chi connectivity index (χ0n) is 15.3. The summed E-state index contributed by atoms with van der Waals surface area (Å²) < 4.78 is 27.4. The van der Waals surface area contributed by atoms with Gasteiger partial charge in [0.15, 0.2) is 0 Å². The number of hydrogen-bond donors (Lipinski definition) is 1. The van der Waals surface area contributed by atoms with E-state index < -0.39 is 21.8 Å². The smallest absolute Gasteiger partial charge is 0.261 e. The molecule has 1 N–H and O–H groups in total. The average molecular weight is 386 g/mol. The maximum atomic E-state index is 12.4. The number of imide groups is 1. The number of carbonyl (C=O) groups excluding carboxylic acids is 2. The summed E-state index contributed by atoms with van der Waals surface area (Å²) in [6, 6.07) is 13.7. The number of nitrogens with zero attached hydrogens (tertiary/aromatic N) is 1. The zero-order valence-corrected chi connectivity index (χ0v) is 16.1. The Balaban J connectivity index is 1.66. The van der Waals surface area contributed by atoms with Gasteiger partial charge >= 0.3 is 0 Å². The molecule has 6 nitrogen and oxygen atoms in total. The molecule has 0 bridgehead atoms. The Morgan fingerprint density at radius 3 is 2.19 bits per heavy atom. The molecule has 0 saturated heterocycles. The topological polar surface area (TPSA) is 83.6 Å². The first-order valence-corrected chi connectivity index (χ1v) is 10.5. The van der Waals surface area contributed by atoms with Crippen LogP contribution >= 0.6 is 0 Å². The third-order valence-corrected chi connectivity index (χ3v) is 5.57. The lowest BCUT2D eigenvalue weighted by molar-refractivity contribution is 0.0664. The van der Waals surface area contributed by atoms with Crippen molar-refractivity contribution in [2.45, 2.75) is 20.3 Å². The van der Waals surface area contributed by atoms with E-state index in [2.05, 4.69) is 18.6 Å². The van der Waals surface area contributed by atoms with Crippen molar-refractivity contribution in [3.63, 3.8) is 0 Å². The van der Waals surface area contributed by atoms with Gasteiger partial charge < -0.3 is 0 Å². The molecule has 2 aromatic carbocycles. The minimum absolute atomic E-state index is 0.187. The van der Waals surface area contributed by atoms with Crippen LogP contribution in [0.25, 0.3) is 0 Å². The van der Waals surface area contributed by atoms with Crippen LogP contribution in [0.15, 0.2) is 48.5 Å². The summed E-state index contributed by atoms with van der Waals surface area (Å²) in [5.74, 6) is -0.799. The normalized spacial score (nSPS) is 14.0. The molecule has 0 fully saturated rings. The van der Waals surface area contributed by atoms with Gasteiger partial charge in [-0.05, 0) is 42.2 Å². The van der Waals surface area contributed by atoms with Gasteiger partial charge in [-0.1, -0.05) is 38.1 Å². The quantitative estimate of drug-likeness (QED) is 0.742. The molecule has 1 aliphatic rings. The zero-order chi connectivity index (χ0) is 19.6. The number of benzene rings is 2. The minimum atomic E-state index is -3.70. The average Bonchev–Trinajstić information content (AvgIpc) is 2.84. The number of carbonyl (C=O) groups is 2. The van der Waals surface area contributed by atoms with Crippen molar-refractivity contribution in [1.29, 1.82) is 0 Å². The molecule has 0 aromatic heterocycles. The first-order valence-electron chi connectivity index (χ1n) is 8.81. The molecular weight excluding hydrogens is 364 g/mol. The second kappa shape index (κ2) is 7.52. The van der Waals surface area contributed by atoms with Crippen molar-refractivity contribution >= 4 is 27.5 Å². The van der Waals surface area contributed by atoms with E-state index in [0.717, 1.165) is 16.9 Å². The monoisotopic (exact) mass is 386 g/mol. The highest BCUT2D eigenvalue weighted by atomic mass is 32.2. The number of sulfonamides is 1. The Kier molecular flexibility index (Phi) is 5.32. The van der Waals surface area contributed by atoms with Crippen LogP contribution in [-0.4, -0.2) is 37.4 Å². The highest BCUT2D eigenvalue weighted by Gasteiger charge is 2.35. The van der Waals surface area contributed by atoms with E-state index in [-0.39, 0.29) is 12.3 Å². The van der Waals surface area contributed by atoms with E-state index in [1.807, 2.05) is 6.07 Å². The van der Waals surface area contributed by atoms with Gasteiger partial charge in [-0.15, -0.1) is 0 Å². The molecule has 1 aliphatic heterocycles. The molecule has 7 heteroatoms. The summed E-state index contributed by atoms with van der Waals surface area (Å²) >= 11 is 0. The minimum Gasteiger partial charge on any atom is -0.283 e. The second-order valence-corrected chi connectivity index (χ2v) is 8.87. The van der Waals surface area contributed by atoms with Gasteiger partial charge in [0.1, 0.15) is 0 Å². The number of fused-ring (bicyclic) bond motifs is 1. The number of rotatable bonds is 7. The van der Waals surface area contributed by atoms with Crippen molar-refractivity contribution in [3.05, 3.63) is 65.2 Å². The summed E-state index contributed by atoms with van der Waals surface area (Å²) in [7, 11) is -3.70. The van der Waals surface area contributed by atoms with Crippen LogP contribution in [0.1, 0.15) is 40.1 Å². The van der Waals surface area contributed by atoms with Crippen LogP contribution in [0.3, 0.4) is 0 Å². The van der Waals surface area contributed by atoms with Gasteiger partial charge in [0.05, 0.1) is 16.9 Å². The molecule has 2 aromatic rings. The van der Waals surface area contributed by atoms with Gasteiger partial charge in [-0.3, -0.25) is 19.2 Å². The van der Waals surface area contributed by atoms with E-state index in [1.165, 1.54) is 0 Å². The molecule has 142 valence electrons. The molecule has 0 aliphatic carbocycles. The lowest BCUT2D eigenvalue weighted by Crippen LogP contribution is -2.35. The van der Waals surface area contributed by atoms with Crippen LogP contribution in [0.5, 0.6) is 0 Å². The lowest BCUT2D eigenvalue weighted by atomic mass is 10.0. The summed E-state index contributed by atoms with van der Waals surface area (Å²) in [4.78, 5) is 25.6. The summed E-state index contributed by atoms with van der Waals surface area (Å²) in [6.07, 6.45) is 0.852. The van der Waals surface area contributed by atoms with Crippen LogP contribution in [0.2, 0.25) is 0 Å². The van der Waals surface area contributed by atoms with Crippen LogP contribution in [0.4, 0.5) is 5.69 Å². The van der Waals surface area contributed by atoms with E-state index in [0.29, 0.717) is 22.7 Å². The van der Waals surface area contributed by atoms with Gasteiger partial charge in [-0.25, -0.2) is 8.42 Å². The predicted molar refractivity (Wildman–Crippen MR) is 104 cm³/mol. The SMILES string of the molecule is CC(C)Cc1cccc(NS(=O)(=O)CCN2C(=O)c3ccccc3C2=O)c1. The summed E-state index contributed by atoms with van der Waals surface area (Å²) in [5.41, 5.74) is 2.16. The Hall–Kier alpha value is -2.67. The molecule has 0 unspecified atom stereocenters. The Morgan fingerprint density at radius 1 is 0.963 bits per heavy atom. The molecule has 0 spiro atoms. The molecule has 0 radical (unpaired) electrons.